The summed E-state index contributed by atoms with van der Waals surface area (Å²) in [5.41, 5.74) is 1.19. The Morgan fingerprint density at radius 3 is 2.84 bits per heavy atom. The number of ether oxygens (including phenoxy) is 1. The first kappa shape index (κ1) is 15.5. The van der Waals surface area contributed by atoms with Gasteiger partial charge in [0.15, 0.2) is 6.61 Å². The number of benzene rings is 1. The fourth-order valence-electron chi connectivity index (χ4n) is 2.01. The molecular formula is C16H24N2O. The Kier molecular flexibility index (Phi) is 6.99. The summed E-state index contributed by atoms with van der Waals surface area (Å²) in [5.74, 6) is 1.52. The molecular weight excluding hydrogens is 236 g/mol. The summed E-state index contributed by atoms with van der Waals surface area (Å²) < 4.78 is 5.30. The zero-order chi connectivity index (χ0) is 14.1. The lowest BCUT2D eigenvalue weighted by atomic mass is 10.0. The fraction of sp³-hybridized carbons (Fsp3) is 0.562. The molecule has 1 N–H and O–H groups in total. The Morgan fingerprint density at radius 2 is 2.16 bits per heavy atom. The third-order valence-corrected chi connectivity index (χ3v) is 3.31. The molecule has 0 saturated carbocycles. The Morgan fingerprint density at radius 1 is 1.37 bits per heavy atom. The second-order valence-electron chi connectivity index (χ2n) is 5.13. The van der Waals surface area contributed by atoms with Gasteiger partial charge in [-0.05, 0) is 37.0 Å². The van der Waals surface area contributed by atoms with Crippen molar-refractivity contribution in [3.63, 3.8) is 0 Å². The van der Waals surface area contributed by atoms with Crippen LogP contribution in [0.15, 0.2) is 24.3 Å². The highest BCUT2D eigenvalue weighted by molar-refractivity contribution is 5.28. The zero-order valence-electron chi connectivity index (χ0n) is 12.1. The first-order valence-corrected chi connectivity index (χ1v) is 6.97. The number of nitrogens with zero attached hydrogens (tertiary/aromatic N) is 1. The molecule has 0 heterocycles. The van der Waals surface area contributed by atoms with Crippen molar-refractivity contribution in [3.8, 4) is 11.8 Å². The molecule has 2 unspecified atom stereocenters. The molecule has 104 valence electrons. The molecule has 1 aromatic carbocycles. The van der Waals surface area contributed by atoms with Crippen molar-refractivity contribution in [1.29, 1.82) is 5.26 Å². The Hall–Kier alpha value is -1.53. The molecule has 1 aromatic rings. The predicted octanol–water partition coefficient (Wildman–Crippen LogP) is 3.50. The van der Waals surface area contributed by atoms with E-state index in [2.05, 4.69) is 32.2 Å². The predicted molar refractivity (Wildman–Crippen MR) is 77.9 cm³/mol. The molecule has 0 aromatic heterocycles. The van der Waals surface area contributed by atoms with Gasteiger partial charge in [-0.25, -0.2) is 0 Å². The smallest absolute Gasteiger partial charge is 0.174 e. The van der Waals surface area contributed by atoms with Crippen LogP contribution in [0.2, 0.25) is 0 Å². The molecule has 0 radical (unpaired) electrons. The van der Waals surface area contributed by atoms with Crippen LogP contribution in [0.1, 0.15) is 39.2 Å². The van der Waals surface area contributed by atoms with Gasteiger partial charge in [-0.2, -0.15) is 5.26 Å². The third-order valence-electron chi connectivity index (χ3n) is 3.31. The van der Waals surface area contributed by atoms with E-state index < -0.39 is 0 Å². The van der Waals surface area contributed by atoms with E-state index in [1.807, 2.05) is 24.3 Å². The summed E-state index contributed by atoms with van der Waals surface area (Å²) in [7, 11) is 0. The molecule has 0 saturated heterocycles. The second kappa shape index (κ2) is 8.55. The average Bonchev–Trinajstić information content (AvgIpc) is 2.43. The van der Waals surface area contributed by atoms with Crippen molar-refractivity contribution in [2.75, 3.05) is 6.61 Å². The Labute approximate surface area is 116 Å². The highest BCUT2D eigenvalue weighted by atomic mass is 16.5. The lowest BCUT2D eigenvalue weighted by Crippen LogP contribution is -2.27. The van der Waals surface area contributed by atoms with E-state index in [0.717, 1.165) is 18.2 Å². The van der Waals surface area contributed by atoms with E-state index in [9.17, 15) is 0 Å². The second-order valence-corrected chi connectivity index (χ2v) is 5.13. The molecule has 0 aliphatic heterocycles. The maximum Gasteiger partial charge on any atom is 0.174 e. The number of nitriles is 1. The monoisotopic (exact) mass is 260 g/mol. The fourth-order valence-corrected chi connectivity index (χ4v) is 2.01. The summed E-state index contributed by atoms with van der Waals surface area (Å²) in [6.07, 6.45) is 2.42. The number of hydrogen-bond acceptors (Lipinski definition) is 3. The van der Waals surface area contributed by atoms with Gasteiger partial charge < -0.3 is 10.1 Å². The first-order valence-electron chi connectivity index (χ1n) is 6.97. The van der Waals surface area contributed by atoms with Crippen LogP contribution in [-0.2, 0) is 6.54 Å². The quantitative estimate of drug-likeness (QED) is 0.778. The molecule has 0 aliphatic carbocycles. The van der Waals surface area contributed by atoms with Crippen LogP contribution < -0.4 is 10.1 Å². The van der Waals surface area contributed by atoms with Gasteiger partial charge in [-0.15, -0.1) is 0 Å². The first-order chi connectivity index (χ1) is 9.15. The summed E-state index contributed by atoms with van der Waals surface area (Å²) >= 11 is 0. The molecule has 1 rings (SSSR count). The molecule has 0 spiro atoms. The molecule has 3 nitrogen and oxygen atoms in total. The van der Waals surface area contributed by atoms with Gasteiger partial charge in [0.2, 0.25) is 0 Å². The molecule has 19 heavy (non-hydrogen) atoms. The van der Waals surface area contributed by atoms with Crippen LogP contribution in [0.3, 0.4) is 0 Å². The van der Waals surface area contributed by atoms with Gasteiger partial charge in [0, 0.05) is 12.6 Å². The number of nitrogens with one attached hydrogen (secondary N) is 1. The van der Waals surface area contributed by atoms with Crippen molar-refractivity contribution in [3.05, 3.63) is 29.8 Å². The van der Waals surface area contributed by atoms with Crippen molar-refractivity contribution in [1.82, 2.24) is 5.32 Å². The van der Waals surface area contributed by atoms with Gasteiger partial charge >= 0.3 is 0 Å². The third kappa shape index (κ3) is 6.26. The number of rotatable bonds is 8. The summed E-state index contributed by atoms with van der Waals surface area (Å²) in [4.78, 5) is 0. The van der Waals surface area contributed by atoms with E-state index in [1.165, 1.54) is 18.4 Å². The van der Waals surface area contributed by atoms with Gasteiger partial charge in [-0.3, -0.25) is 0 Å². The molecule has 0 bridgehead atoms. The highest BCUT2D eigenvalue weighted by Gasteiger charge is 2.06. The normalized spacial score (nSPS) is 13.6. The van der Waals surface area contributed by atoms with Gasteiger partial charge in [0.25, 0.3) is 0 Å². The van der Waals surface area contributed by atoms with Crippen LogP contribution in [0.25, 0.3) is 0 Å². The van der Waals surface area contributed by atoms with Crippen LogP contribution in [-0.4, -0.2) is 12.6 Å². The minimum Gasteiger partial charge on any atom is -0.479 e. The van der Waals surface area contributed by atoms with Crippen LogP contribution in [0.5, 0.6) is 5.75 Å². The van der Waals surface area contributed by atoms with Crippen LogP contribution in [0, 0.1) is 17.2 Å². The van der Waals surface area contributed by atoms with E-state index >= 15 is 0 Å². The molecule has 0 aliphatic rings. The summed E-state index contributed by atoms with van der Waals surface area (Å²) in [6, 6.07) is 10.4. The summed E-state index contributed by atoms with van der Waals surface area (Å²) in [5, 5.41) is 12.0. The van der Waals surface area contributed by atoms with Crippen LogP contribution >= 0.6 is 0 Å². The lowest BCUT2D eigenvalue weighted by Gasteiger charge is -2.17. The van der Waals surface area contributed by atoms with Crippen molar-refractivity contribution in [2.24, 2.45) is 5.92 Å². The zero-order valence-corrected chi connectivity index (χ0v) is 12.1. The Bertz CT molecular complexity index is 411. The van der Waals surface area contributed by atoms with Gasteiger partial charge in [-0.1, -0.05) is 32.4 Å². The van der Waals surface area contributed by atoms with Crippen LogP contribution in [0.4, 0.5) is 0 Å². The van der Waals surface area contributed by atoms with Crippen molar-refractivity contribution >= 4 is 0 Å². The maximum atomic E-state index is 8.49. The van der Waals surface area contributed by atoms with E-state index in [4.69, 9.17) is 10.00 Å². The summed E-state index contributed by atoms with van der Waals surface area (Å²) in [6.45, 7) is 7.67. The minimum absolute atomic E-state index is 0.0985. The lowest BCUT2D eigenvalue weighted by molar-refractivity contribution is 0.367. The van der Waals surface area contributed by atoms with Crippen molar-refractivity contribution < 1.29 is 4.74 Å². The molecule has 0 amide bonds. The average molecular weight is 260 g/mol. The standard InChI is InChI=1S/C16H24N2O/c1-4-13(2)10-14(3)18-12-15-6-5-7-16(11-15)19-9-8-17/h5-7,11,13-14,18H,4,9-10,12H2,1-3H3. The number of hydrogen-bond donors (Lipinski definition) is 1. The van der Waals surface area contributed by atoms with E-state index in [1.54, 1.807) is 0 Å². The topological polar surface area (TPSA) is 45.0 Å². The van der Waals surface area contributed by atoms with Gasteiger partial charge in [0.05, 0.1) is 0 Å². The molecule has 0 fully saturated rings. The SMILES string of the molecule is CCC(C)CC(C)NCc1cccc(OCC#N)c1. The highest BCUT2D eigenvalue weighted by Crippen LogP contribution is 2.14. The molecule has 3 heteroatoms. The Balaban J connectivity index is 2.42. The van der Waals surface area contributed by atoms with Crippen molar-refractivity contribution in [2.45, 2.75) is 46.2 Å². The van der Waals surface area contributed by atoms with E-state index in [0.29, 0.717) is 6.04 Å². The van der Waals surface area contributed by atoms with E-state index in [-0.39, 0.29) is 6.61 Å². The largest absolute Gasteiger partial charge is 0.479 e. The molecule has 2 atom stereocenters. The minimum atomic E-state index is 0.0985. The van der Waals surface area contributed by atoms with Gasteiger partial charge in [0.1, 0.15) is 11.8 Å². The maximum absolute atomic E-state index is 8.49.